The van der Waals surface area contributed by atoms with Crippen LogP contribution in [-0.2, 0) is 9.53 Å². The zero-order chi connectivity index (χ0) is 19.9. The molecule has 1 saturated heterocycles. The smallest absolute Gasteiger partial charge is 0.251 e. The van der Waals surface area contributed by atoms with Crippen molar-refractivity contribution in [3.05, 3.63) is 23.8 Å². The number of rotatable bonds is 7. The van der Waals surface area contributed by atoms with Gasteiger partial charge in [-0.3, -0.25) is 9.59 Å². The van der Waals surface area contributed by atoms with Gasteiger partial charge in [0.2, 0.25) is 5.91 Å². The van der Waals surface area contributed by atoms with Crippen LogP contribution >= 0.6 is 0 Å². The number of carbonyl (C=O) groups excluding carboxylic acids is 2. The zero-order valence-corrected chi connectivity index (χ0v) is 16.6. The highest BCUT2D eigenvalue weighted by Crippen LogP contribution is 2.34. The highest BCUT2D eigenvalue weighted by molar-refractivity contribution is 5.95. The van der Waals surface area contributed by atoms with Crippen LogP contribution in [0.25, 0.3) is 0 Å². The van der Waals surface area contributed by atoms with Crippen molar-refractivity contribution in [2.24, 2.45) is 0 Å². The van der Waals surface area contributed by atoms with E-state index >= 15 is 0 Å². The molecule has 1 aromatic carbocycles. The van der Waals surface area contributed by atoms with Gasteiger partial charge in [-0.25, -0.2) is 0 Å². The molecule has 154 valence electrons. The van der Waals surface area contributed by atoms with Crippen LogP contribution in [0, 0.1) is 0 Å². The lowest BCUT2D eigenvalue weighted by molar-refractivity contribution is -0.122. The van der Waals surface area contributed by atoms with Gasteiger partial charge in [-0.2, -0.15) is 0 Å². The third-order valence-corrected chi connectivity index (χ3v) is 5.30. The molecule has 0 radical (unpaired) electrons. The third kappa shape index (κ3) is 5.14. The molecule has 1 aromatic rings. The lowest BCUT2D eigenvalue weighted by Gasteiger charge is -2.36. The van der Waals surface area contributed by atoms with Gasteiger partial charge in [0, 0.05) is 32.3 Å². The summed E-state index contributed by atoms with van der Waals surface area (Å²) in [6.45, 7) is 3.26. The van der Waals surface area contributed by atoms with Gasteiger partial charge in [0.15, 0.2) is 0 Å². The molecule has 0 aromatic heterocycles. The van der Waals surface area contributed by atoms with E-state index in [0.717, 1.165) is 37.4 Å². The fourth-order valence-electron chi connectivity index (χ4n) is 3.58. The zero-order valence-electron chi connectivity index (χ0n) is 16.6. The molecule has 0 bridgehead atoms. The molecule has 2 aliphatic heterocycles. The van der Waals surface area contributed by atoms with Crippen LogP contribution in [0.5, 0.6) is 5.75 Å². The van der Waals surface area contributed by atoms with Crippen LogP contribution in [0.2, 0.25) is 0 Å². The van der Waals surface area contributed by atoms with Crippen LogP contribution in [0.3, 0.4) is 0 Å². The van der Waals surface area contributed by atoms with E-state index in [9.17, 15) is 9.59 Å². The summed E-state index contributed by atoms with van der Waals surface area (Å²) in [5.41, 5.74) is 1.38. The monoisotopic (exact) mass is 390 g/mol. The minimum atomic E-state index is -0.154. The van der Waals surface area contributed by atoms with Gasteiger partial charge in [-0.15, -0.1) is 0 Å². The number of nitrogens with one attached hydrogen (secondary N) is 3. The van der Waals surface area contributed by atoms with E-state index in [1.165, 1.54) is 0 Å². The van der Waals surface area contributed by atoms with Crippen LogP contribution < -0.4 is 25.6 Å². The topological polar surface area (TPSA) is 91.9 Å². The van der Waals surface area contributed by atoms with E-state index in [2.05, 4.69) is 16.0 Å². The standard InChI is InChI=1S/C20H30N4O4/c1-24-16(12-19(25)23-15-5-7-21-8-6-15)13-28-18-4-3-14(11-17(18)24)20(26)22-9-10-27-2/h3-4,11,15-16,21H,5-10,12-13H2,1-2H3,(H,22,26)(H,23,25)/t16-/m1/s1. The highest BCUT2D eigenvalue weighted by Gasteiger charge is 2.28. The number of nitrogens with zero attached hydrogens (tertiary/aromatic N) is 1. The molecule has 0 aliphatic carbocycles. The van der Waals surface area contributed by atoms with E-state index in [1.54, 1.807) is 13.2 Å². The molecule has 3 rings (SSSR count). The number of fused-ring (bicyclic) bond motifs is 1. The largest absolute Gasteiger partial charge is 0.489 e. The Morgan fingerprint density at radius 2 is 2.11 bits per heavy atom. The van der Waals surface area contributed by atoms with Crippen molar-refractivity contribution in [1.29, 1.82) is 0 Å². The quantitative estimate of drug-likeness (QED) is 0.588. The lowest BCUT2D eigenvalue weighted by Crippen LogP contribution is -2.47. The number of benzene rings is 1. The summed E-state index contributed by atoms with van der Waals surface area (Å²) in [5.74, 6) is 0.620. The summed E-state index contributed by atoms with van der Waals surface area (Å²) in [6, 6.07) is 5.55. The van der Waals surface area contributed by atoms with Crippen LogP contribution in [-0.4, -0.2) is 70.9 Å². The number of piperidine rings is 1. The fourth-order valence-corrected chi connectivity index (χ4v) is 3.58. The van der Waals surface area contributed by atoms with E-state index in [0.29, 0.717) is 31.7 Å². The fraction of sp³-hybridized carbons (Fsp3) is 0.600. The van der Waals surface area contributed by atoms with E-state index in [-0.39, 0.29) is 23.9 Å². The first kappa shape index (κ1) is 20.4. The van der Waals surface area contributed by atoms with Gasteiger partial charge >= 0.3 is 0 Å². The van der Waals surface area contributed by atoms with Gasteiger partial charge in [-0.05, 0) is 44.1 Å². The maximum atomic E-state index is 12.5. The highest BCUT2D eigenvalue weighted by atomic mass is 16.5. The number of hydrogen-bond donors (Lipinski definition) is 3. The van der Waals surface area contributed by atoms with Crippen molar-refractivity contribution >= 4 is 17.5 Å². The second kappa shape index (κ2) is 9.75. The van der Waals surface area contributed by atoms with E-state index in [4.69, 9.17) is 9.47 Å². The third-order valence-electron chi connectivity index (χ3n) is 5.30. The molecule has 2 heterocycles. The predicted molar refractivity (Wildman–Crippen MR) is 107 cm³/mol. The molecule has 0 saturated carbocycles. The normalized spacial score (nSPS) is 19.5. The molecular formula is C20H30N4O4. The summed E-state index contributed by atoms with van der Waals surface area (Å²) >= 11 is 0. The summed E-state index contributed by atoms with van der Waals surface area (Å²) < 4.78 is 10.8. The first-order valence-electron chi connectivity index (χ1n) is 9.85. The van der Waals surface area contributed by atoms with Gasteiger partial charge in [0.25, 0.3) is 5.91 Å². The van der Waals surface area contributed by atoms with Crippen molar-refractivity contribution in [2.45, 2.75) is 31.3 Å². The molecule has 28 heavy (non-hydrogen) atoms. The number of anilines is 1. The average molecular weight is 390 g/mol. The SMILES string of the molecule is COCCNC(=O)c1ccc2c(c1)N(C)[C@H](CC(=O)NC1CCNCC1)CO2. The van der Waals surface area contributed by atoms with Crippen molar-refractivity contribution in [2.75, 3.05) is 51.9 Å². The molecule has 0 unspecified atom stereocenters. The Morgan fingerprint density at radius 1 is 1.32 bits per heavy atom. The Hall–Kier alpha value is -2.32. The Bertz CT molecular complexity index is 691. The molecular weight excluding hydrogens is 360 g/mol. The Labute approximate surface area is 165 Å². The maximum Gasteiger partial charge on any atom is 0.251 e. The second-order valence-electron chi connectivity index (χ2n) is 7.30. The number of ether oxygens (including phenoxy) is 2. The Morgan fingerprint density at radius 3 is 2.86 bits per heavy atom. The molecule has 2 aliphatic rings. The van der Waals surface area contributed by atoms with Crippen molar-refractivity contribution in [1.82, 2.24) is 16.0 Å². The Kier molecular flexibility index (Phi) is 7.11. The lowest BCUT2D eigenvalue weighted by atomic mass is 10.0. The number of amides is 2. The van der Waals surface area contributed by atoms with Gasteiger partial charge in [0.05, 0.1) is 24.8 Å². The van der Waals surface area contributed by atoms with Gasteiger partial charge < -0.3 is 30.3 Å². The van der Waals surface area contributed by atoms with Crippen LogP contribution in [0.4, 0.5) is 5.69 Å². The molecule has 8 nitrogen and oxygen atoms in total. The second-order valence-corrected chi connectivity index (χ2v) is 7.30. The summed E-state index contributed by atoms with van der Waals surface area (Å²) in [4.78, 5) is 26.8. The predicted octanol–water partition coefficient (Wildman–Crippen LogP) is 0.518. The summed E-state index contributed by atoms with van der Waals surface area (Å²) in [5, 5.41) is 9.25. The number of carbonyl (C=O) groups is 2. The first-order valence-corrected chi connectivity index (χ1v) is 9.85. The van der Waals surface area contributed by atoms with Crippen molar-refractivity contribution < 1.29 is 19.1 Å². The Balaban J connectivity index is 1.60. The van der Waals surface area contributed by atoms with Crippen LogP contribution in [0.1, 0.15) is 29.6 Å². The summed E-state index contributed by atoms with van der Waals surface area (Å²) in [7, 11) is 3.54. The molecule has 1 fully saturated rings. The number of likely N-dealkylation sites (N-methyl/N-ethyl adjacent to an activating group) is 1. The van der Waals surface area contributed by atoms with E-state index < -0.39 is 0 Å². The van der Waals surface area contributed by atoms with Crippen molar-refractivity contribution in [3.8, 4) is 5.75 Å². The van der Waals surface area contributed by atoms with Gasteiger partial charge in [-0.1, -0.05) is 0 Å². The molecule has 3 N–H and O–H groups in total. The minimum Gasteiger partial charge on any atom is -0.489 e. The molecule has 2 amide bonds. The first-order chi connectivity index (χ1) is 13.6. The molecule has 8 heteroatoms. The van der Waals surface area contributed by atoms with E-state index in [1.807, 2.05) is 24.1 Å². The molecule has 0 spiro atoms. The van der Waals surface area contributed by atoms with Crippen molar-refractivity contribution in [3.63, 3.8) is 0 Å². The number of methoxy groups -OCH3 is 1. The number of hydrogen-bond acceptors (Lipinski definition) is 6. The minimum absolute atomic E-state index is 0.0456. The van der Waals surface area contributed by atoms with Gasteiger partial charge in [0.1, 0.15) is 12.4 Å². The maximum absolute atomic E-state index is 12.5. The molecule has 1 atom stereocenters. The van der Waals surface area contributed by atoms with Crippen LogP contribution in [0.15, 0.2) is 18.2 Å². The average Bonchev–Trinajstić information content (AvgIpc) is 2.71. The summed E-state index contributed by atoms with van der Waals surface area (Å²) in [6.07, 6.45) is 2.30.